The van der Waals surface area contributed by atoms with Crippen molar-refractivity contribution in [1.82, 2.24) is 10.2 Å². The van der Waals surface area contributed by atoms with Gasteiger partial charge in [0.05, 0.1) is 0 Å². The summed E-state index contributed by atoms with van der Waals surface area (Å²) < 4.78 is 0. The lowest BCUT2D eigenvalue weighted by Crippen LogP contribution is -2.52. The molecule has 0 aliphatic carbocycles. The van der Waals surface area contributed by atoms with Crippen molar-refractivity contribution in [1.29, 1.82) is 0 Å². The largest absolute Gasteiger partial charge is 0.311 e. The molecule has 2 heteroatoms. The molecule has 2 aliphatic heterocycles. The molecule has 0 aromatic rings. The van der Waals surface area contributed by atoms with Gasteiger partial charge >= 0.3 is 0 Å². The van der Waals surface area contributed by atoms with Crippen LogP contribution in [0, 0.1) is 11.8 Å². The molecular weight excluding hydrogens is 244 g/mol. The molecule has 1 N–H and O–H groups in total. The van der Waals surface area contributed by atoms with Crippen LogP contribution in [0.5, 0.6) is 0 Å². The Hall–Kier alpha value is -0.0800. The fourth-order valence-electron chi connectivity index (χ4n) is 4.57. The highest BCUT2D eigenvalue weighted by atomic mass is 15.2. The van der Waals surface area contributed by atoms with Gasteiger partial charge in [-0.2, -0.15) is 0 Å². The van der Waals surface area contributed by atoms with Gasteiger partial charge in [0, 0.05) is 24.2 Å². The van der Waals surface area contributed by atoms with E-state index in [0.717, 1.165) is 36.0 Å². The average molecular weight is 280 g/mol. The minimum Gasteiger partial charge on any atom is -0.311 e. The van der Waals surface area contributed by atoms with Crippen molar-refractivity contribution in [3.63, 3.8) is 0 Å². The molecule has 2 saturated heterocycles. The molecule has 0 amide bonds. The zero-order valence-corrected chi connectivity index (χ0v) is 14.4. The van der Waals surface area contributed by atoms with Crippen molar-refractivity contribution in [2.24, 2.45) is 11.8 Å². The monoisotopic (exact) mass is 280 g/mol. The summed E-state index contributed by atoms with van der Waals surface area (Å²) in [7, 11) is 0. The third-order valence-corrected chi connectivity index (χ3v) is 5.24. The predicted octanol–water partition coefficient (Wildman–Crippen LogP) is 4.05. The minimum absolute atomic E-state index is 0.794. The quantitative estimate of drug-likeness (QED) is 0.757. The van der Waals surface area contributed by atoms with E-state index in [4.69, 9.17) is 0 Å². The topological polar surface area (TPSA) is 15.3 Å². The Balaban J connectivity index is 2.02. The van der Waals surface area contributed by atoms with Gasteiger partial charge in [-0.3, -0.25) is 4.90 Å². The fraction of sp³-hybridized carbons (Fsp3) is 1.00. The van der Waals surface area contributed by atoms with Crippen LogP contribution in [-0.4, -0.2) is 35.6 Å². The van der Waals surface area contributed by atoms with Gasteiger partial charge in [0.25, 0.3) is 0 Å². The second kappa shape index (κ2) is 7.26. The molecule has 0 aromatic heterocycles. The summed E-state index contributed by atoms with van der Waals surface area (Å²) in [5, 5.41) is 3.79. The minimum atomic E-state index is 0.794. The van der Waals surface area contributed by atoms with Crippen molar-refractivity contribution < 1.29 is 0 Å². The summed E-state index contributed by atoms with van der Waals surface area (Å²) in [4.78, 5) is 2.87. The molecule has 2 bridgehead atoms. The zero-order valence-electron chi connectivity index (χ0n) is 14.4. The van der Waals surface area contributed by atoms with Crippen molar-refractivity contribution in [3.8, 4) is 0 Å². The van der Waals surface area contributed by atoms with E-state index in [-0.39, 0.29) is 0 Å². The fourth-order valence-corrected chi connectivity index (χ4v) is 4.57. The van der Waals surface area contributed by atoms with E-state index >= 15 is 0 Å². The first kappa shape index (κ1) is 16.3. The molecule has 0 radical (unpaired) electrons. The van der Waals surface area contributed by atoms with Crippen LogP contribution in [0.3, 0.4) is 0 Å². The second-order valence-corrected chi connectivity index (χ2v) is 8.01. The van der Waals surface area contributed by atoms with Gasteiger partial charge in [-0.25, -0.2) is 0 Å². The SMILES string of the molecule is CCN(C(CC(C)C)CC(C)C)C1CC2CCC(C1)N2. The van der Waals surface area contributed by atoms with E-state index < -0.39 is 0 Å². The standard InChI is InChI=1S/C18H36N2/c1-6-20(17(9-13(2)3)10-14(4)5)18-11-15-7-8-16(12-18)19-15/h13-19H,6-12H2,1-5H3. The first-order chi connectivity index (χ1) is 9.49. The Morgan fingerprint density at radius 3 is 1.85 bits per heavy atom. The molecule has 2 unspecified atom stereocenters. The summed E-state index contributed by atoms with van der Waals surface area (Å²) in [6.07, 6.45) is 8.33. The molecule has 0 spiro atoms. The van der Waals surface area contributed by atoms with Crippen LogP contribution in [0.2, 0.25) is 0 Å². The molecule has 2 fully saturated rings. The van der Waals surface area contributed by atoms with Gasteiger partial charge in [0.2, 0.25) is 0 Å². The molecule has 2 heterocycles. The molecular formula is C18H36N2. The zero-order chi connectivity index (χ0) is 14.7. The number of hydrogen-bond donors (Lipinski definition) is 1. The van der Waals surface area contributed by atoms with Crippen molar-refractivity contribution in [2.75, 3.05) is 6.54 Å². The molecule has 20 heavy (non-hydrogen) atoms. The molecule has 0 aromatic carbocycles. The van der Waals surface area contributed by atoms with Crippen LogP contribution in [0.1, 0.15) is 73.1 Å². The Morgan fingerprint density at radius 1 is 0.950 bits per heavy atom. The third-order valence-electron chi connectivity index (χ3n) is 5.24. The van der Waals surface area contributed by atoms with Gasteiger partial charge < -0.3 is 5.32 Å². The maximum absolute atomic E-state index is 3.79. The van der Waals surface area contributed by atoms with E-state index in [2.05, 4.69) is 44.8 Å². The number of nitrogens with one attached hydrogen (secondary N) is 1. The van der Waals surface area contributed by atoms with Crippen LogP contribution in [-0.2, 0) is 0 Å². The Bertz CT molecular complexity index is 265. The Labute approximate surface area is 126 Å². The van der Waals surface area contributed by atoms with Crippen molar-refractivity contribution in [3.05, 3.63) is 0 Å². The number of piperidine rings is 1. The van der Waals surface area contributed by atoms with E-state index in [1.54, 1.807) is 0 Å². The first-order valence-electron chi connectivity index (χ1n) is 9.01. The normalized spacial score (nSPS) is 30.1. The molecule has 2 aliphatic rings. The van der Waals surface area contributed by atoms with Crippen LogP contribution in [0.15, 0.2) is 0 Å². The van der Waals surface area contributed by atoms with Gasteiger partial charge in [0.15, 0.2) is 0 Å². The maximum atomic E-state index is 3.79. The van der Waals surface area contributed by atoms with Crippen molar-refractivity contribution >= 4 is 0 Å². The first-order valence-corrected chi connectivity index (χ1v) is 9.01. The smallest absolute Gasteiger partial charge is 0.0128 e. The van der Waals surface area contributed by atoms with Crippen LogP contribution in [0.4, 0.5) is 0 Å². The van der Waals surface area contributed by atoms with Gasteiger partial charge in [-0.1, -0.05) is 34.6 Å². The Kier molecular flexibility index (Phi) is 5.92. The molecule has 2 rings (SSSR count). The molecule has 2 nitrogen and oxygen atoms in total. The summed E-state index contributed by atoms with van der Waals surface area (Å²) in [6, 6.07) is 3.25. The highest BCUT2D eigenvalue weighted by Gasteiger charge is 2.37. The average Bonchev–Trinajstić information content (AvgIpc) is 2.68. The number of rotatable bonds is 7. The lowest BCUT2D eigenvalue weighted by atomic mass is 9.90. The summed E-state index contributed by atoms with van der Waals surface area (Å²) in [5.41, 5.74) is 0. The number of hydrogen-bond acceptors (Lipinski definition) is 2. The lowest BCUT2D eigenvalue weighted by molar-refractivity contribution is 0.0762. The van der Waals surface area contributed by atoms with Crippen molar-refractivity contribution in [2.45, 2.75) is 97.3 Å². The second-order valence-electron chi connectivity index (χ2n) is 8.01. The molecule has 118 valence electrons. The van der Waals surface area contributed by atoms with Crippen LogP contribution >= 0.6 is 0 Å². The highest BCUT2D eigenvalue weighted by molar-refractivity contribution is 4.96. The van der Waals surface area contributed by atoms with Crippen LogP contribution in [0.25, 0.3) is 0 Å². The van der Waals surface area contributed by atoms with Gasteiger partial charge in [-0.05, 0) is 56.9 Å². The third kappa shape index (κ3) is 4.21. The van der Waals surface area contributed by atoms with Gasteiger partial charge in [0.1, 0.15) is 0 Å². The highest BCUT2D eigenvalue weighted by Crippen LogP contribution is 2.32. The van der Waals surface area contributed by atoms with Crippen LogP contribution < -0.4 is 5.32 Å². The number of fused-ring (bicyclic) bond motifs is 2. The molecule has 2 atom stereocenters. The lowest BCUT2D eigenvalue weighted by Gasteiger charge is -2.43. The summed E-state index contributed by atoms with van der Waals surface area (Å²) >= 11 is 0. The van der Waals surface area contributed by atoms with E-state index in [0.29, 0.717) is 0 Å². The predicted molar refractivity (Wildman–Crippen MR) is 88.0 cm³/mol. The van der Waals surface area contributed by atoms with Gasteiger partial charge in [-0.15, -0.1) is 0 Å². The Morgan fingerprint density at radius 2 is 1.45 bits per heavy atom. The number of nitrogens with zero attached hydrogens (tertiary/aromatic N) is 1. The summed E-state index contributed by atoms with van der Waals surface area (Å²) in [5.74, 6) is 1.62. The van der Waals surface area contributed by atoms with E-state index in [1.165, 1.54) is 45.1 Å². The van der Waals surface area contributed by atoms with E-state index in [1.807, 2.05) is 0 Å². The molecule has 0 saturated carbocycles. The maximum Gasteiger partial charge on any atom is 0.0128 e. The summed E-state index contributed by atoms with van der Waals surface area (Å²) in [6.45, 7) is 13.1. The van der Waals surface area contributed by atoms with E-state index in [9.17, 15) is 0 Å².